The Balaban J connectivity index is 0.000000364. The lowest BCUT2D eigenvalue weighted by atomic mass is 10.0. The molecule has 0 aliphatic rings. The number of rotatable bonds is 15. The Labute approximate surface area is 287 Å². The van der Waals surface area contributed by atoms with Crippen LogP contribution < -0.4 is 32.2 Å². The first kappa shape index (κ1) is 39.8. The van der Waals surface area contributed by atoms with Crippen LogP contribution in [0.2, 0.25) is 0 Å². The summed E-state index contributed by atoms with van der Waals surface area (Å²) in [5.41, 5.74) is 12.6. The highest BCUT2D eigenvalue weighted by Gasteiger charge is 2.29. The number of carboxylic acid groups (broad SMARTS) is 1. The van der Waals surface area contributed by atoms with Gasteiger partial charge in [-0.1, -0.05) is 56.3 Å². The van der Waals surface area contributed by atoms with Crippen molar-refractivity contribution in [2.75, 3.05) is 12.3 Å². The van der Waals surface area contributed by atoms with Gasteiger partial charge in [-0.2, -0.15) is 0 Å². The van der Waals surface area contributed by atoms with E-state index in [2.05, 4.69) is 16.0 Å². The number of hydrogen-bond acceptors (Lipinski definition) is 11. The minimum atomic E-state index is -1.22. The molecule has 3 rings (SSSR count). The zero-order valence-corrected chi connectivity index (χ0v) is 27.4. The highest BCUT2D eigenvalue weighted by Crippen LogP contribution is 2.18. The first-order chi connectivity index (χ1) is 23.7. The van der Waals surface area contributed by atoms with Crippen LogP contribution >= 0.6 is 0 Å². The number of primary amides is 1. The Morgan fingerprint density at radius 3 is 2.02 bits per heavy atom. The zero-order chi connectivity index (χ0) is 37.1. The van der Waals surface area contributed by atoms with E-state index in [4.69, 9.17) is 25.7 Å². The molecule has 4 amide bonds. The highest BCUT2D eigenvalue weighted by atomic mass is 16.7. The number of hydrogen-bond donors (Lipinski definition) is 6. The molecule has 3 aromatic carbocycles. The maximum absolute atomic E-state index is 12.5. The van der Waals surface area contributed by atoms with Gasteiger partial charge in [0.2, 0.25) is 5.91 Å². The molecule has 17 heteroatoms. The van der Waals surface area contributed by atoms with Gasteiger partial charge in [-0.25, -0.2) is 19.2 Å². The largest absolute Gasteiger partial charge is 0.514 e. The second-order valence-corrected chi connectivity index (χ2v) is 10.9. The van der Waals surface area contributed by atoms with Gasteiger partial charge >= 0.3 is 24.2 Å². The number of amides is 4. The maximum Gasteiger partial charge on any atom is 0.514 e. The van der Waals surface area contributed by atoms with E-state index in [0.717, 1.165) is 11.1 Å². The highest BCUT2D eigenvalue weighted by molar-refractivity contribution is 5.89. The van der Waals surface area contributed by atoms with Gasteiger partial charge in [0.25, 0.3) is 5.69 Å². The lowest BCUT2D eigenvalue weighted by molar-refractivity contribution is -0.384. The molecule has 0 saturated heterocycles. The van der Waals surface area contributed by atoms with Gasteiger partial charge in [0.15, 0.2) is 0 Å². The number of nitro groups is 1. The zero-order valence-electron chi connectivity index (χ0n) is 27.4. The molecule has 0 fully saturated rings. The Hall–Kier alpha value is -6.39. The van der Waals surface area contributed by atoms with Crippen molar-refractivity contribution in [3.8, 4) is 5.75 Å². The summed E-state index contributed by atoms with van der Waals surface area (Å²) in [6.07, 6.45) is -1.27. The molecule has 0 radical (unpaired) electrons. The van der Waals surface area contributed by atoms with Crippen molar-refractivity contribution in [2.45, 2.75) is 52.0 Å². The molecule has 0 saturated carbocycles. The Kier molecular flexibility index (Phi) is 16.5. The summed E-state index contributed by atoms with van der Waals surface area (Å²) in [7, 11) is 0. The number of aliphatic carboxylic acids is 1. The number of urea groups is 1. The number of anilines is 1. The fourth-order valence-electron chi connectivity index (χ4n) is 3.98. The normalized spacial score (nSPS) is 11.4. The van der Waals surface area contributed by atoms with E-state index in [1.807, 2.05) is 18.2 Å². The molecular weight excluding hydrogens is 656 g/mol. The average Bonchev–Trinajstić information content (AvgIpc) is 3.08. The number of nitrogens with one attached hydrogen (secondary N) is 3. The summed E-state index contributed by atoms with van der Waals surface area (Å²) in [5, 5.41) is 27.0. The first-order valence-electron chi connectivity index (χ1n) is 15.2. The molecule has 0 bridgehead atoms. The van der Waals surface area contributed by atoms with E-state index in [0.29, 0.717) is 12.1 Å². The molecule has 268 valence electrons. The van der Waals surface area contributed by atoms with Crippen molar-refractivity contribution in [1.29, 1.82) is 0 Å². The van der Waals surface area contributed by atoms with E-state index in [1.165, 1.54) is 24.3 Å². The van der Waals surface area contributed by atoms with E-state index < -0.39 is 47.2 Å². The summed E-state index contributed by atoms with van der Waals surface area (Å²) in [6.45, 7) is 3.71. The monoisotopic (exact) mass is 696 g/mol. The Morgan fingerprint density at radius 1 is 0.860 bits per heavy atom. The number of nitrogens with two attached hydrogens (primary N) is 2. The third-order valence-corrected chi connectivity index (χ3v) is 6.60. The van der Waals surface area contributed by atoms with Gasteiger partial charge in [-0.05, 0) is 54.2 Å². The predicted molar refractivity (Wildman–Crippen MR) is 180 cm³/mol. The number of ether oxygens (including phenoxy) is 3. The van der Waals surface area contributed by atoms with Gasteiger partial charge < -0.3 is 46.7 Å². The van der Waals surface area contributed by atoms with Gasteiger partial charge in [-0.3, -0.25) is 14.9 Å². The molecule has 50 heavy (non-hydrogen) atoms. The third kappa shape index (κ3) is 15.5. The standard InChI is InChI=1S/C19H28N4O6.C14H12N2O5/c1-12(2)15(23-19(28)29-11-13-7-4-3-5-8-13)16(24)22-14(17(25)26)9-6-10-21-18(20)27;15-11-3-1-10(2-4-11)9-20-14(17)21-13-7-5-12(6-8-13)16(18)19/h3-5,7-8,12,14-15H,6,9-11H2,1-2H3,(H,22,24)(H,23,28)(H,25,26)(H3,20,21,27);1-8H,9,15H2/t14-,15-;/m0./s1. The number of carbonyl (C=O) groups is 5. The molecule has 3 aromatic rings. The average molecular weight is 697 g/mol. The molecule has 0 aromatic heterocycles. The maximum atomic E-state index is 12.5. The van der Waals surface area contributed by atoms with Crippen LogP contribution in [0.25, 0.3) is 0 Å². The van der Waals surface area contributed by atoms with E-state index in [9.17, 15) is 39.2 Å². The minimum absolute atomic E-state index is 0.0454. The molecule has 2 atom stereocenters. The van der Waals surface area contributed by atoms with E-state index in [-0.39, 0.29) is 43.5 Å². The first-order valence-corrected chi connectivity index (χ1v) is 15.2. The van der Waals surface area contributed by atoms with Crippen LogP contribution in [0.4, 0.5) is 25.8 Å². The number of nitro benzene ring substituents is 1. The number of alkyl carbamates (subject to hydrolysis) is 1. The van der Waals surface area contributed by atoms with E-state index in [1.54, 1.807) is 50.2 Å². The molecule has 17 nitrogen and oxygen atoms in total. The van der Waals surface area contributed by atoms with Gasteiger partial charge in [0.05, 0.1) is 4.92 Å². The third-order valence-electron chi connectivity index (χ3n) is 6.60. The van der Waals surface area contributed by atoms with Crippen molar-refractivity contribution in [1.82, 2.24) is 16.0 Å². The van der Waals surface area contributed by atoms with Crippen LogP contribution in [0.15, 0.2) is 78.9 Å². The fraction of sp³-hybridized carbons (Fsp3) is 0.303. The molecule has 8 N–H and O–H groups in total. The molecule has 0 spiro atoms. The van der Waals surface area contributed by atoms with Crippen LogP contribution in [-0.2, 0) is 32.3 Å². The van der Waals surface area contributed by atoms with Crippen LogP contribution in [0.1, 0.15) is 37.8 Å². The SMILES string of the molecule is CC(C)[C@H](NC(=O)OCc1ccccc1)C(=O)N[C@@H](CCCNC(N)=O)C(=O)O.Nc1ccc(COC(=O)Oc2ccc([N+](=O)[O-])cc2)cc1. The number of nitrogen functional groups attached to an aromatic ring is 1. The van der Waals surface area contributed by atoms with Crippen LogP contribution in [-0.4, -0.2) is 58.8 Å². The van der Waals surface area contributed by atoms with Crippen molar-refractivity contribution >= 4 is 41.5 Å². The van der Waals surface area contributed by atoms with Gasteiger partial charge in [0.1, 0.15) is 31.0 Å². The molecular formula is C33H40N6O11. The van der Waals surface area contributed by atoms with E-state index >= 15 is 0 Å². The number of carbonyl (C=O) groups excluding carboxylic acids is 4. The number of benzene rings is 3. The summed E-state index contributed by atoms with van der Waals surface area (Å²) in [6, 6.07) is 18.2. The number of carboxylic acids is 1. The molecule has 0 aliphatic heterocycles. The van der Waals surface area contributed by atoms with Gasteiger partial charge in [0, 0.05) is 24.4 Å². The molecule has 0 heterocycles. The van der Waals surface area contributed by atoms with Crippen LogP contribution in [0.3, 0.4) is 0 Å². The van der Waals surface area contributed by atoms with Crippen molar-refractivity contribution in [3.63, 3.8) is 0 Å². The Bertz CT molecular complexity index is 1570. The quantitative estimate of drug-likeness (QED) is 0.0330. The van der Waals surface area contributed by atoms with Gasteiger partial charge in [-0.15, -0.1) is 0 Å². The number of nitrogens with zero attached hydrogens (tertiary/aromatic N) is 1. The summed E-state index contributed by atoms with van der Waals surface area (Å²) < 4.78 is 14.9. The topological polar surface area (TPSA) is 265 Å². The smallest absolute Gasteiger partial charge is 0.480 e. The fourth-order valence-corrected chi connectivity index (χ4v) is 3.98. The minimum Gasteiger partial charge on any atom is -0.480 e. The Morgan fingerprint density at radius 2 is 1.46 bits per heavy atom. The lowest BCUT2D eigenvalue weighted by Gasteiger charge is -2.23. The van der Waals surface area contributed by atoms with Crippen molar-refractivity contribution in [2.24, 2.45) is 11.7 Å². The summed E-state index contributed by atoms with van der Waals surface area (Å²) >= 11 is 0. The van der Waals surface area contributed by atoms with Crippen LogP contribution in [0.5, 0.6) is 5.75 Å². The lowest BCUT2D eigenvalue weighted by Crippen LogP contribution is -2.53. The molecule has 0 unspecified atom stereocenters. The second-order valence-electron chi connectivity index (χ2n) is 10.9. The van der Waals surface area contributed by atoms with Crippen LogP contribution in [0, 0.1) is 16.0 Å². The van der Waals surface area contributed by atoms with Crippen molar-refractivity contribution < 1.29 is 48.2 Å². The number of non-ortho nitro benzene ring substituents is 1. The second kappa shape index (κ2) is 20.8. The van der Waals surface area contributed by atoms with Crippen molar-refractivity contribution in [3.05, 3.63) is 100 Å². The summed E-state index contributed by atoms with van der Waals surface area (Å²) in [4.78, 5) is 68.0. The predicted octanol–water partition coefficient (Wildman–Crippen LogP) is 3.85. The summed E-state index contributed by atoms with van der Waals surface area (Å²) in [5.74, 6) is -1.98. The molecule has 0 aliphatic carbocycles.